The van der Waals surface area contributed by atoms with Crippen molar-refractivity contribution >= 4 is 11.9 Å². The Balaban J connectivity index is 2.06. The van der Waals surface area contributed by atoms with E-state index in [0.29, 0.717) is 17.0 Å². The number of carbonyl (C=O) groups is 2. The number of aryl methyl sites for hydroxylation is 1. The van der Waals surface area contributed by atoms with Gasteiger partial charge in [-0.3, -0.25) is 4.79 Å². The van der Waals surface area contributed by atoms with Crippen molar-refractivity contribution in [3.8, 4) is 11.3 Å². The maximum absolute atomic E-state index is 12.0. The van der Waals surface area contributed by atoms with Crippen molar-refractivity contribution in [1.82, 2.24) is 5.16 Å². The standard InChI is InChI=1S/C17H17NO5/c1-11(17(20)21-3)10-22-15(19)9-14-12(2)23-18-16(14)13-7-5-4-6-8-13/h4-8H,1,9-10H2,2-3H3. The molecule has 0 spiro atoms. The molecule has 0 amide bonds. The van der Waals surface area contributed by atoms with E-state index in [9.17, 15) is 9.59 Å². The first-order chi connectivity index (χ1) is 11.0. The smallest absolute Gasteiger partial charge is 0.336 e. The van der Waals surface area contributed by atoms with Crippen LogP contribution in [0.3, 0.4) is 0 Å². The van der Waals surface area contributed by atoms with Crippen molar-refractivity contribution in [2.45, 2.75) is 13.3 Å². The van der Waals surface area contributed by atoms with E-state index in [0.717, 1.165) is 5.56 Å². The van der Waals surface area contributed by atoms with Gasteiger partial charge in [-0.25, -0.2) is 4.79 Å². The van der Waals surface area contributed by atoms with Crippen LogP contribution in [-0.2, 0) is 25.5 Å². The van der Waals surface area contributed by atoms with Crippen molar-refractivity contribution in [1.29, 1.82) is 0 Å². The number of nitrogens with zero attached hydrogens (tertiary/aromatic N) is 1. The minimum Gasteiger partial charge on any atom is -0.466 e. The third-order valence-electron chi connectivity index (χ3n) is 3.23. The molecule has 2 rings (SSSR count). The molecule has 6 heteroatoms. The van der Waals surface area contributed by atoms with E-state index >= 15 is 0 Å². The van der Waals surface area contributed by atoms with Crippen molar-refractivity contribution < 1.29 is 23.6 Å². The van der Waals surface area contributed by atoms with Crippen LogP contribution in [0.1, 0.15) is 11.3 Å². The van der Waals surface area contributed by atoms with Gasteiger partial charge in [0.1, 0.15) is 18.1 Å². The monoisotopic (exact) mass is 315 g/mol. The van der Waals surface area contributed by atoms with Crippen molar-refractivity contribution in [3.05, 3.63) is 53.8 Å². The van der Waals surface area contributed by atoms with Crippen LogP contribution in [-0.4, -0.2) is 30.8 Å². The van der Waals surface area contributed by atoms with E-state index in [1.165, 1.54) is 7.11 Å². The number of rotatable bonds is 6. The fourth-order valence-corrected chi connectivity index (χ4v) is 1.99. The van der Waals surface area contributed by atoms with Gasteiger partial charge in [-0.05, 0) is 6.92 Å². The Bertz CT molecular complexity index is 718. The van der Waals surface area contributed by atoms with Gasteiger partial charge in [-0.15, -0.1) is 0 Å². The van der Waals surface area contributed by atoms with Gasteiger partial charge in [0.15, 0.2) is 0 Å². The maximum Gasteiger partial charge on any atom is 0.336 e. The first-order valence-corrected chi connectivity index (χ1v) is 6.95. The topological polar surface area (TPSA) is 78.6 Å². The molecule has 6 nitrogen and oxygen atoms in total. The molecule has 0 fully saturated rings. The van der Waals surface area contributed by atoms with Crippen LogP contribution < -0.4 is 0 Å². The van der Waals surface area contributed by atoms with Gasteiger partial charge in [0, 0.05) is 11.1 Å². The Kier molecular flexibility index (Phi) is 5.30. The lowest BCUT2D eigenvalue weighted by Crippen LogP contribution is -2.15. The molecule has 1 aromatic heterocycles. The maximum atomic E-state index is 12.0. The summed E-state index contributed by atoms with van der Waals surface area (Å²) in [5.41, 5.74) is 2.19. The molecule has 1 heterocycles. The fraction of sp³-hybridized carbons (Fsp3) is 0.235. The third kappa shape index (κ3) is 4.06. The van der Waals surface area contributed by atoms with E-state index in [1.54, 1.807) is 6.92 Å². The number of aromatic nitrogens is 1. The van der Waals surface area contributed by atoms with Gasteiger partial charge in [0.05, 0.1) is 19.1 Å². The highest BCUT2D eigenvalue weighted by molar-refractivity contribution is 5.88. The summed E-state index contributed by atoms with van der Waals surface area (Å²) in [7, 11) is 1.24. The predicted octanol–water partition coefficient (Wildman–Crippen LogP) is 2.46. The van der Waals surface area contributed by atoms with Gasteiger partial charge in [-0.1, -0.05) is 42.1 Å². The van der Waals surface area contributed by atoms with Crippen LogP contribution >= 0.6 is 0 Å². The molecule has 1 aromatic carbocycles. The number of hydrogen-bond donors (Lipinski definition) is 0. The Labute approximate surface area is 133 Å². The molecule has 0 aliphatic carbocycles. The van der Waals surface area contributed by atoms with Crippen LogP contribution in [0, 0.1) is 6.92 Å². The second-order valence-electron chi connectivity index (χ2n) is 4.86. The molecule has 0 aliphatic heterocycles. The number of esters is 2. The van der Waals surface area contributed by atoms with E-state index < -0.39 is 11.9 Å². The van der Waals surface area contributed by atoms with Gasteiger partial charge in [0.25, 0.3) is 0 Å². The molecule has 0 radical (unpaired) electrons. The lowest BCUT2D eigenvalue weighted by Gasteiger charge is -2.06. The minimum atomic E-state index is -0.607. The van der Waals surface area contributed by atoms with Gasteiger partial charge in [-0.2, -0.15) is 0 Å². The number of methoxy groups -OCH3 is 1. The van der Waals surface area contributed by atoms with E-state index in [1.807, 2.05) is 30.3 Å². The first-order valence-electron chi connectivity index (χ1n) is 6.95. The van der Waals surface area contributed by atoms with Crippen molar-refractivity contribution in [3.63, 3.8) is 0 Å². The molecule has 23 heavy (non-hydrogen) atoms. The van der Waals surface area contributed by atoms with Crippen molar-refractivity contribution in [2.24, 2.45) is 0 Å². The molecule has 0 unspecified atom stereocenters. The molecule has 0 bridgehead atoms. The number of benzene rings is 1. The van der Waals surface area contributed by atoms with E-state index in [2.05, 4.69) is 16.5 Å². The summed E-state index contributed by atoms with van der Waals surface area (Å²) in [5, 5.41) is 4.00. The Morgan fingerprint density at radius 3 is 2.61 bits per heavy atom. The van der Waals surface area contributed by atoms with Crippen LogP contribution in [0.2, 0.25) is 0 Å². The van der Waals surface area contributed by atoms with Crippen LogP contribution in [0.5, 0.6) is 0 Å². The highest BCUT2D eigenvalue weighted by atomic mass is 16.5. The molecule has 0 aliphatic rings. The lowest BCUT2D eigenvalue weighted by molar-refractivity contribution is -0.143. The SMILES string of the molecule is C=C(COC(=O)Cc1c(-c2ccccc2)noc1C)C(=O)OC. The lowest BCUT2D eigenvalue weighted by atomic mass is 10.0. The summed E-state index contributed by atoms with van der Waals surface area (Å²) in [5.74, 6) is -0.560. The zero-order valence-electron chi connectivity index (χ0n) is 13.0. The average Bonchev–Trinajstić information content (AvgIpc) is 2.93. The summed E-state index contributed by atoms with van der Waals surface area (Å²) in [6, 6.07) is 9.41. The number of hydrogen-bond acceptors (Lipinski definition) is 6. The molecule has 0 saturated carbocycles. The second kappa shape index (κ2) is 7.40. The summed E-state index contributed by atoms with van der Waals surface area (Å²) in [6.07, 6.45) is -0.00594. The van der Waals surface area contributed by atoms with Crippen molar-refractivity contribution in [2.75, 3.05) is 13.7 Å². The van der Waals surface area contributed by atoms with Crippen LogP contribution in [0.4, 0.5) is 0 Å². The minimum absolute atomic E-state index is 0.00594. The molecule has 0 N–H and O–H groups in total. The van der Waals surface area contributed by atoms with Gasteiger partial charge < -0.3 is 14.0 Å². The van der Waals surface area contributed by atoms with E-state index in [-0.39, 0.29) is 18.6 Å². The molecule has 120 valence electrons. The van der Waals surface area contributed by atoms with Crippen LogP contribution in [0.25, 0.3) is 11.3 Å². The summed E-state index contributed by atoms with van der Waals surface area (Å²) >= 11 is 0. The Hall–Kier alpha value is -2.89. The Morgan fingerprint density at radius 1 is 1.26 bits per heavy atom. The number of ether oxygens (including phenoxy) is 2. The second-order valence-corrected chi connectivity index (χ2v) is 4.86. The highest BCUT2D eigenvalue weighted by Gasteiger charge is 2.19. The zero-order chi connectivity index (χ0) is 16.8. The predicted molar refractivity (Wildman–Crippen MR) is 82.5 cm³/mol. The molecule has 0 saturated heterocycles. The quantitative estimate of drug-likeness (QED) is 0.602. The molecular formula is C17H17NO5. The van der Waals surface area contributed by atoms with E-state index in [4.69, 9.17) is 9.26 Å². The van der Waals surface area contributed by atoms with Gasteiger partial charge >= 0.3 is 11.9 Å². The third-order valence-corrected chi connectivity index (χ3v) is 3.23. The average molecular weight is 315 g/mol. The van der Waals surface area contributed by atoms with Crippen LogP contribution in [0.15, 0.2) is 47.0 Å². The fourth-order valence-electron chi connectivity index (χ4n) is 1.99. The van der Waals surface area contributed by atoms with Gasteiger partial charge in [0.2, 0.25) is 0 Å². The molecular weight excluding hydrogens is 298 g/mol. The molecule has 2 aromatic rings. The largest absolute Gasteiger partial charge is 0.466 e. The summed E-state index contributed by atoms with van der Waals surface area (Å²) in [4.78, 5) is 23.2. The Morgan fingerprint density at radius 2 is 1.96 bits per heavy atom. The zero-order valence-corrected chi connectivity index (χ0v) is 13.0. The normalized spacial score (nSPS) is 10.2. The first kappa shape index (κ1) is 16.5. The highest BCUT2D eigenvalue weighted by Crippen LogP contribution is 2.25. The summed E-state index contributed by atoms with van der Waals surface area (Å²) < 4.78 is 14.7. The summed E-state index contributed by atoms with van der Waals surface area (Å²) in [6.45, 7) is 5.01. The molecule has 0 atom stereocenters. The number of carbonyl (C=O) groups excluding carboxylic acids is 2.